The predicted molar refractivity (Wildman–Crippen MR) is 85.0 cm³/mol. The quantitative estimate of drug-likeness (QED) is 0.595. The maximum atomic E-state index is 9.49. The van der Waals surface area contributed by atoms with Crippen LogP contribution in [-0.2, 0) is 9.47 Å². The average Bonchev–Trinajstić information content (AvgIpc) is 2.92. The zero-order valence-corrected chi connectivity index (χ0v) is 13.5. The van der Waals surface area contributed by atoms with Gasteiger partial charge in [0.2, 0.25) is 0 Å². The zero-order chi connectivity index (χ0) is 15.8. The number of nitrogens with zero attached hydrogens (tertiary/aromatic N) is 2. The fourth-order valence-electron chi connectivity index (χ4n) is 5.94. The number of ether oxygens (including phenoxy) is 2. The number of rotatable bonds is 1. The first-order chi connectivity index (χ1) is 11.2. The molecule has 0 radical (unpaired) electrons. The van der Waals surface area contributed by atoms with E-state index in [0.717, 1.165) is 30.9 Å². The molecule has 0 aromatic rings. The molecule has 122 valence electrons. The van der Waals surface area contributed by atoms with Crippen LogP contribution in [0, 0.1) is 23.2 Å². The van der Waals surface area contributed by atoms with E-state index < -0.39 is 0 Å². The Labute approximate surface area is 135 Å². The molecule has 2 saturated heterocycles. The number of hydrogen-bond donors (Lipinski definition) is 1. The zero-order valence-electron chi connectivity index (χ0n) is 13.5. The molecule has 2 aliphatic heterocycles. The summed E-state index contributed by atoms with van der Waals surface area (Å²) >= 11 is 0. The molecule has 1 N–H and O–H groups in total. The molecule has 2 bridgehead atoms. The van der Waals surface area contributed by atoms with Crippen LogP contribution in [-0.4, -0.2) is 48.7 Å². The minimum Gasteiger partial charge on any atom is -0.493 e. The topological polar surface area (TPSA) is 54.3 Å². The van der Waals surface area contributed by atoms with Gasteiger partial charge in [-0.3, -0.25) is 0 Å². The van der Waals surface area contributed by atoms with Crippen LogP contribution >= 0.6 is 0 Å². The van der Waals surface area contributed by atoms with Gasteiger partial charge in [0.25, 0.3) is 0 Å². The standard InChI is InChI=1S/C18H22N2O3/c1-20-8-7-18-11-4-5-12(19-21)17(18)23-16-14(22-2)6-3-10(15(16)18)9-13(11)20/h3-6,10-11,13,15,17,21H,7-9H2,1-2H3/t10?,11-,13+,15?,17-,18-/m0/s1. The van der Waals surface area contributed by atoms with Gasteiger partial charge < -0.3 is 19.6 Å². The van der Waals surface area contributed by atoms with Crippen molar-refractivity contribution < 1.29 is 14.7 Å². The minimum atomic E-state index is -0.161. The van der Waals surface area contributed by atoms with Crippen LogP contribution in [0.15, 0.2) is 41.0 Å². The van der Waals surface area contributed by atoms with Gasteiger partial charge in [-0.1, -0.05) is 17.3 Å². The summed E-state index contributed by atoms with van der Waals surface area (Å²) in [5.41, 5.74) is 0.655. The van der Waals surface area contributed by atoms with Crippen LogP contribution in [0.3, 0.4) is 0 Å². The molecule has 6 atom stereocenters. The van der Waals surface area contributed by atoms with Gasteiger partial charge in [0.1, 0.15) is 11.5 Å². The van der Waals surface area contributed by atoms with Gasteiger partial charge in [-0.2, -0.15) is 0 Å². The fourth-order valence-corrected chi connectivity index (χ4v) is 5.94. The Kier molecular flexibility index (Phi) is 2.62. The van der Waals surface area contributed by atoms with Gasteiger partial charge in [0.05, 0.1) is 7.11 Å². The lowest BCUT2D eigenvalue weighted by atomic mass is 9.48. The van der Waals surface area contributed by atoms with Crippen LogP contribution in [0.5, 0.6) is 0 Å². The van der Waals surface area contributed by atoms with Crippen LogP contribution in [0.25, 0.3) is 0 Å². The summed E-state index contributed by atoms with van der Waals surface area (Å²) in [5, 5.41) is 13.0. The Morgan fingerprint density at radius 2 is 2.26 bits per heavy atom. The minimum absolute atomic E-state index is 0.000278. The Morgan fingerprint density at radius 3 is 3.04 bits per heavy atom. The molecule has 5 heteroatoms. The van der Waals surface area contributed by atoms with E-state index >= 15 is 0 Å². The summed E-state index contributed by atoms with van der Waals surface area (Å²) < 4.78 is 12.0. The highest BCUT2D eigenvalue weighted by molar-refractivity contribution is 6.00. The molecule has 2 unspecified atom stereocenters. The third kappa shape index (κ3) is 1.45. The highest BCUT2D eigenvalue weighted by Gasteiger charge is 2.69. The maximum Gasteiger partial charge on any atom is 0.156 e. The summed E-state index contributed by atoms with van der Waals surface area (Å²) in [7, 11) is 3.93. The van der Waals surface area contributed by atoms with E-state index in [2.05, 4.69) is 35.3 Å². The molecule has 0 aromatic carbocycles. The highest BCUT2D eigenvalue weighted by Crippen LogP contribution is 2.66. The lowest BCUT2D eigenvalue weighted by Gasteiger charge is -2.59. The van der Waals surface area contributed by atoms with E-state index in [1.807, 2.05) is 6.08 Å². The maximum absolute atomic E-state index is 9.49. The van der Waals surface area contributed by atoms with Crippen molar-refractivity contribution in [1.82, 2.24) is 4.90 Å². The van der Waals surface area contributed by atoms with Crippen LogP contribution in [0.1, 0.15) is 12.8 Å². The Bertz CT molecular complexity index is 680. The van der Waals surface area contributed by atoms with Crippen LogP contribution < -0.4 is 0 Å². The van der Waals surface area contributed by atoms with Crippen molar-refractivity contribution in [1.29, 1.82) is 0 Å². The average molecular weight is 314 g/mol. The van der Waals surface area contributed by atoms with Crippen molar-refractivity contribution >= 4 is 5.71 Å². The predicted octanol–water partition coefficient (Wildman–Crippen LogP) is 2.16. The van der Waals surface area contributed by atoms with Gasteiger partial charge in [0, 0.05) is 23.3 Å². The largest absolute Gasteiger partial charge is 0.493 e. The van der Waals surface area contributed by atoms with Crippen molar-refractivity contribution in [2.45, 2.75) is 25.0 Å². The van der Waals surface area contributed by atoms with E-state index in [0.29, 0.717) is 29.5 Å². The molecule has 1 saturated carbocycles. The van der Waals surface area contributed by atoms with Crippen molar-refractivity contribution in [3.05, 3.63) is 35.8 Å². The molecule has 3 fully saturated rings. The summed E-state index contributed by atoms with van der Waals surface area (Å²) in [5.74, 6) is 3.07. The molecule has 0 amide bonds. The number of allylic oxidation sites excluding steroid dienone is 3. The van der Waals surface area contributed by atoms with E-state index in [-0.39, 0.29) is 11.5 Å². The monoisotopic (exact) mass is 314 g/mol. The van der Waals surface area contributed by atoms with E-state index in [9.17, 15) is 5.21 Å². The van der Waals surface area contributed by atoms with Crippen molar-refractivity contribution in [2.24, 2.45) is 28.3 Å². The first kappa shape index (κ1) is 13.7. The third-order valence-corrected chi connectivity index (χ3v) is 6.85. The molecular formula is C18H22N2O3. The molecule has 5 aliphatic rings. The van der Waals surface area contributed by atoms with Gasteiger partial charge in [0.15, 0.2) is 11.9 Å². The van der Waals surface area contributed by atoms with Gasteiger partial charge in [-0.05, 0) is 44.5 Å². The van der Waals surface area contributed by atoms with Crippen LogP contribution in [0.4, 0.5) is 0 Å². The number of likely N-dealkylation sites (tertiary alicyclic amines) is 1. The van der Waals surface area contributed by atoms with Crippen molar-refractivity contribution in [3.8, 4) is 0 Å². The van der Waals surface area contributed by atoms with Gasteiger partial charge in [-0.15, -0.1) is 0 Å². The van der Waals surface area contributed by atoms with Crippen LogP contribution in [0.2, 0.25) is 0 Å². The normalized spacial score (nSPS) is 48.4. The molecule has 1 spiro atoms. The Balaban J connectivity index is 1.75. The molecule has 5 rings (SSSR count). The second-order valence-corrected chi connectivity index (χ2v) is 7.49. The van der Waals surface area contributed by atoms with E-state index in [1.165, 1.54) is 0 Å². The molecule has 0 aromatic heterocycles. The summed E-state index contributed by atoms with van der Waals surface area (Å²) in [6, 6.07) is 0.528. The molecular weight excluding hydrogens is 292 g/mol. The van der Waals surface area contributed by atoms with Gasteiger partial charge in [-0.25, -0.2) is 0 Å². The number of hydrogen-bond acceptors (Lipinski definition) is 5. The SMILES string of the molecule is COC1=C2O[C@H]3C(=NO)C=C[C@H]4[C@H]5CC(C=C1)C2[C@@]34CCN5C. The first-order valence-electron chi connectivity index (χ1n) is 8.44. The molecule has 2 heterocycles. The number of methoxy groups -OCH3 is 1. The van der Waals surface area contributed by atoms with E-state index in [4.69, 9.17) is 9.47 Å². The summed E-state index contributed by atoms with van der Waals surface area (Å²) in [4.78, 5) is 2.50. The Morgan fingerprint density at radius 1 is 1.39 bits per heavy atom. The second-order valence-electron chi connectivity index (χ2n) is 7.49. The summed E-state index contributed by atoms with van der Waals surface area (Å²) in [6.07, 6.45) is 10.6. The second kappa shape index (κ2) is 4.41. The fraction of sp³-hybridized carbons (Fsp3) is 0.611. The van der Waals surface area contributed by atoms with E-state index in [1.54, 1.807) is 7.11 Å². The Hall–Kier alpha value is -1.75. The first-order valence-corrected chi connectivity index (χ1v) is 8.44. The smallest absolute Gasteiger partial charge is 0.156 e. The number of piperidine rings is 1. The van der Waals surface area contributed by atoms with Gasteiger partial charge >= 0.3 is 0 Å². The lowest BCUT2D eigenvalue weighted by molar-refractivity contribution is -0.0763. The molecule has 3 aliphatic carbocycles. The van der Waals surface area contributed by atoms with Crippen molar-refractivity contribution in [2.75, 3.05) is 20.7 Å². The van der Waals surface area contributed by atoms with Crippen molar-refractivity contribution in [3.63, 3.8) is 0 Å². The summed E-state index contributed by atoms with van der Waals surface area (Å²) in [6.45, 7) is 1.07. The third-order valence-electron chi connectivity index (χ3n) is 6.85. The lowest BCUT2D eigenvalue weighted by Crippen LogP contribution is -2.64. The molecule has 5 nitrogen and oxygen atoms in total. The molecule has 23 heavy (non-hydrogen) atoms. The number of oxime groups is 1. The highest BCUT2D eigenvalue weighted by atomic mass is 16.5.